The summed E-state index contributed by atoms with van der Waals surface area (Å²) in [6.45, 7) is 2.37. The van der Waals surface area contributed by atoms with E-state index in [9.17, 15) is 8.42 Å². The molecule has 0 spiro atoms. The highest BCUT2D eigenvalue weighted by atomic mass is 32.2. The molecule has 2 rings (SSSR count). The van der Waals surface area contributed by atoms with Gasteiger partial charge in [0, 0.05) is 31.9 Å². The predicted octanol–water partition coefficient (Wildman–Crippen LogP) is 0.698. The fourth-order valence-electron chi connectivity index (χ4n) is 1.88. The number of aromatic nitrogens is 2. The van der Waals surface area contributed by atoms with E-state index in [0.717, 1.165) is 11.4 Å². The summed E-state index contributed by atoms with van der Waals surface area (Å²) in [5.74, 6) is 0.750. The highest BCUT2D eigenvalue weighted by Crippen LogP contribution is 2.16. The molecule has 0 amide bonds. The zero-order valence-corrected chi connectivity index (χ0v) is 12.1. The van der Waals surface area contributed by atoms with Crippen molar-refractivity contribution in [1.29, 1.82) is 0 Å². The Balaban J connectivity index is 2.09. The summed E-state index contributed by atoms with van der Waals surface area (Å²) in [6, 6.07) is 5.21. The fourth-order valence-corrected chi connectivity index (χ4v) is 3.20. The molecule has 0 atom stereocenters. The van der Waals surface area contributed by atoms with Gasteiger partial charge in [0.25, 0.3) is 0 Å². The summed E-state index contributed by atoms with van der Waals surface area (Å²) >= 11 is 0. The largest absolute Gasteiger partial charge is 0.349 e. The zero-order valence-electron chi connectivity index (χ0n) is 11.3. The number of aryl methyl sites for hydroxylation is 1. The zero-order chi connectivity index (χ0) is 14.6. The van der Waals surface area contributed by atoms with Crippen LogP contribution in [-0.4, -0.2) is 24.9 Å². The molecule has 0 aliphatic rings. The number of aromatic amines is 1. The van der Waals surface area contributed by atoms with Crippen molar-refractivity contribution in [3.8, 4) is 0 Å². The van der Waals surface area contributed by atoms with Gasteiger partial charge in [-0.1, -0.05) is 12.1 Å². The number of nitrogens with zero attached hydrogens (tertiary/aromatic N) is 1. The number of nitrogens with two attached hydrogens (primary N) is 1. The SMILES string of the molecule is Cc1ccc(CN)cc1S(=O)(=O)NCCc1ncc[nH]1. The highest BCUT2D eigenvalue weighted by Gasteiger charge is 2.16. The molecule has 1 aromatic carbocycles. The summed E-state index contributed by atoms with van der Waals surface area (Å²) in [4.78, 5) is 7.25. The lowest BCUT2D eigenvalue weighted by molar-refractivity contribution is 0.580. The van der Waals surface area contributed by atoms with Crippen LogP contribution in [0.4, 0.5) is 0 Å². The molecule has 1 aromatic heterocycles. The van der Waals surface area contributed by atoms with E-state index in [-0.39, 0.29) is 4.90 Å². The maximum absolute atomic E-state index is 12.3. The van der Waals surface area contributed by atoms with Crippen molar-refractivity contribution in [3.05, 3.63) is 47.5 Å². The van der Waals surface area contributed by atoms with Crippen LogP contribution < -0.4 is 10.5 Å². The Morgan fingerprint density at radius 3 is 2.85 bits per heavy atom. The van der Waals surface area contributed by atoms with Gasteiger partial charge in [-0.25, -0.2) is 18.1 Å². The number of H-pyrrole nitrogens is 1. The van der Waals surface area contributed by atoms with Crippen LogP contribution in [0.25, 0.3) is 0 Å². The standard InChI is InChI=1S/C13H18N4O2S/c1-10-2-3-11(9-14)8-12(10)20(18,19)17-5-4-13-15-6-7-16-13/h2-3,6-8,17H,4-5,9,14H2,1H3,(H,15,16). The Morgan fingerprint density at radius 1 is 1.40 bits per heavy atom. The third-order valence-corrected chi connectivity index (χ3v) is 4.59. The normalized spacial score (nSPS) is 11.7. The van der Waals surface area contributed by atoms with E-state index in [1.54, 1.807) is 31.5 Å². The van der Waals surface area contributed by atoms with Crippen LogP contribution in [0.3, 0.4) is 0 Å². The number of hydrogen-bond acceptors (Lipinski definition) is 4. The lowest BCUT2D eigenvalue weighted by Crippen LogP contribution is -2.27. The van der Waals surface area contributed by atoms with Crippen LogP contribution >= 0.6 is 0 Å². The molecule has 0 saturated carbocycles. The van der Waals surface area contributed by atoms with E-state index in [1.807, 2.05) is 6.07 Å². The predicted molar refractivity (Wildman–Crippen MR) is 76.6 cm³/mol. The fraction of sp³-hybridized carbons (Fsp3) is 0.308. The smallest absolute Gasteiger partial charge is 0.240 e. The summed E-state index contributed by atoms with van der Waals surface area (Å²) in [5, 5.41) is 0. The second-order valence-electron chi connectivity index (χ2n) is 4.49. The molecule has 0 aliphatic heterocycles. The van der Waals surface area contributed by atoms with E-state index < -0.39 is 10.0 Å². The summed E-state index contributed by atoms with van der Waals surface area (Å²) < 4.78 is 27.1. The lowest BCUT2D eigenvalue weighted by Gasteiger charge is -2.10. The van der Waals surface area contributed by atoms with Crippen molar-refractivity contribution < 1.29 is 8.42 Å². The van der Waals surface area contributed by atoms with E-state index >= 15 is 0 Å². The van der Waals surface area contributed by atoms with E-state index in [0.29, 0.717) is 25.1 Å². The second kappa shape index (κ2) is 6.17. The molecule has 0 saturated heterocycles. The molecule has 2 aromatic rings. The molecule has 0 aliphatic carbocycles. The minimum Gasteiger partial charge on any atom is -0.349 e. The van der Waals surface area contributed by atoms with Crippen LogP contribution in [0.15, 0.2) is 35.5 Å². The molecule has 7 heteroatoms. The van der Waals surface area contributed by atoms with Gasteiger partial charge in [-0.05, 0) is 24.1 Å². The number of rotatable bonds is 6. The second-order valence-corrected chi connectivity index (χ2v) is 6.22. The van der Waals surface area contributed by atoms with E-state index in [4.69, 9.17) is 5.73 Å². The molecule has 0 radical (unpaired) electrons. The van der Waals surface area contributed by atoms with Crippen molar-refractivity contribution in [1.82, 2.24) is 14.7 Å². The molecule has 1 heterocycles. The average Bonchev–Trinajstić information content (AvgIpc) is 2.92. The Labute approximate surface area is 118 Å². The van der Waals surface area contributed by atoms with Gasteiger partial charge >= 0.3 is 0 Å². The minimum atomic E-state index is -3.52. The first-order valence-corrected chi connectivity index (χ1v) is 7.79. The van der Waals surface area contributed by atoms with Gasteiger partial charge in [0.1, 0.15) is 5.82 Å². The van der Waals surface area contributed by atoms with Crippen LogP contribution in [0.5, 0.6) is 0 Å². The van der Waals surface area contributed by atoms with Crippen LogP contribution in [-0.2, 0) is 23.0 Å². The van der Waals surface area contributed by atoms with Crippen LogP contribution in [0, 0.1) is 6.92 Å². The Bertz CT molecular complexity index is 666. The molecular weight excluding hydrogens is 276 g/mol. The van der Waals surface area contributed by atoms with E-state index in [1.165, 1.54) is 0 Å². The number of imidazole rings is 1. The molecule has 108 valence electrons. The minimum absolute atomic E-state index is 0.278. The van der Waals surface area contributed by atoms with Crippen molar-refractivity contribution >= 4 is 10.0 Å². The first-order valence-electron chi connectivity index (χ1n) is 6.30. The summed E-state index contributed by atoms with van der Waals surface area (Å²) in [5.41, 5.74) is 7.04. The Morgan fingerprint density at radius 2 is 2.20 bits per heavy atom. The van der Waals surface area contributed by atoms with E-state index in [2.05, 4.69) is 14.7 Å². The van der Waals surface area contributed by atoms with Crippen molar-refractivity contribution in [2.75, 3.05) is 6.54 Å². The number of nitrogens with one attached hydrogen (secondary N) is 2. The van der Waals surface area contributed by atoms with Crippen molar-refractivity contribution in [2.24, 2.45) is 5.73 Å². The van der Waals surface area contributed by atoms with Gasteiger partial charge in [0.15, 0.2) is 0 Å². The molecule has 0 unspecified atom stereocenters. The molecule has 4 N–H and O–H groups in total. The quantitative estimate of drug-likeness (QED) is 0.730. The van der Waals surface area contributed by atoms with Gasteiger partial charge in [-0.3, -0.25) is 0 Å². The van der Waals surface area contributed by atoms with Crippen molar-refractivity contribution in [2.45, 2.75) is 24.8 Å². The summed E-state index contributed by atoms with van der Waals surface area (Å²) in [7, 11) is -3.52. The van der Waals surface area contributed by atoms with Crippen molar-refractivity contribution in [3.63, 3.8) is 0 Å². The first kappa shape index (κ1) is 14.7. The van der Waals surface area contributed by atoms with Crippen LogP contribution in [0.1, 0.15) is 17.0 Å². The molecular formula is C13H18N4O2S. The highest BCUT2D eigenvalue weighted by molar-refractivity contribution is 7.89. The maximum Gasteiger partial charge on any atom is 0.240 e. The lowest BCUT2D eigenvalue weighted by atomic mass is 10.1. The molecule has 0 fully saturated rings. The Kier molecular flexibility index (Phi) is 4.53. The van der Waals surface area contributed by atoms with Crippen LogP contribution in [0.2, 0.25) is 0 Å². The topological polar surface area (TPSA) is 101 Å². The average molecular weight is 294 g/mol. The molecule has 0 bridgehead atoms. The van der Waals surface area contributed by atoms with Gasteiger partial charge < -0.3 is 10.7 Å². The van der Waals surface area contributed by atoms with Gasteiger partial charge in [-0.15, -0.1) is 0 Å². The van der Waals surface area contributed by atoms with Gasteiger partial charge in [0.05, 0.1) is 4.90 Å². The number of benzene rings is 1. The third kappa shape index (κ3) is 3.44. The first-order chi connectivity index (χ1) is 9.53. The monoisotopic (exact) mass is 294 g/mol. The number of sulfonamides is 1. The molecule has 6 nitrogen and oxygen atoms in total. The maximum atomic E-state index is 12.3. The van der Waals surface area contributed by atoms with Gasteiger partial charge in [0.2, 0.25) is 10.0 Å². The summed E-state index contributed by atoms with van der Waals surface area (Å²) in [6.07, 6.45) is 3.86. The third-order valence-electron chi connectivity index (χ3n) is 2.99. The number of hydrogen-bond donors (Lipinski definition) is 3. The Hall–Kier alpha value is -1.70. The van der Waals surface area contributed by atoms with Gasteiger partial charge in [-0.2, -0.15) is 0 Å². The molecule has 20 heavy (non-hydrogen) atoms.